The number of alkyl halides is 1. The predicted octanol–water partition coefficient (Wildman–Crippen LogP) is 2.88. The molecule has 2 N–H and O–H groups in total. The molecule has 3 aromatic rings. The summed E-state index contributed by atoms with van der Waals surface area (Å²) < 4.78 is 17.2. The Kier molecular flexibility index (Phi) is 4.47. The number of imidazole rings is 1. The number of aromatic nitrogens is 5. The number of piperidine rings is 1. The smallest absolute Gasteiger partial charge is 0.245 e. The van der Waals surface area contributed by atoms with Crippen LogP contribution in [0.5, 0.6) is 5.75 Å². The maximum atomic E-state index is 15.4. The molecule has 31 heavy (non-hydrogen) atoms. The van der Waals surface area contributed by atoms with Crippen molar-refractivity contribution >= 4 is 5.95 Å². The van der Waals surface area contributed by atoms with Crippen molar-refractivity contribution in [3.05, 3.63) is 43.1 Å². The molecule has 2 saturated heterocycles. The Morgan fingerprint density at radius 3 is 2.77 bits per heavy atom. The average molecular weight is 423 g/mol. The fourth-order valence-electron chi connectivity index (χ4n) is 5.04. The fourth-order valence-corrected chi connectivity index (χ4v) is 5.04. The van der Waals surface area contributed by atoms with Gasteiger partial charge < -0.3 is 19.9 Å². The van der Waals surface area contributed by atoms with Crippen LogP contribution in [0.1, 0.15) is 33.1 Å². The van der Waals surface area contributed by atoms with Crippen molar-refractivity contribution in [1.29, 1.82) is 0 Å². The molecule has 0 amide bonds. The van der Waals surface area contributed by atoms with E-state index in [1.54, 1.807) is 46.5 Å². The monoisotopic (exact) mass is 423 g/mol. The van der Waals surface area contributed by atoms with E-state index in [0.717, 1.165) is 18.5 Å². The van der Waals surface area contributed by atoms with E-state index in [-0.39, 0.29) is 17.3 Å². The Bertz CT molecular complexity index is 1090. The first-order valence-corrected chi connectivity index (χ1v) is 10.5. The standard InChI is InChI=1S/C22H26FN7O/c1-21-6-7-22(2,28-21)19(23)17(11-21)29(3)20-25-12-16(26-27-20)15-5-4-14(10-18(15)31)30-9-8-24-13-30/h4-5,8-10,12-13,17,19,28,31H,6-7,11H2,1-3H3/t17-,19-,21-,22+/m1/s1. The predicted molar refractivity (Wildman–Crippen MR) is 115 cm³/mol. The summed E-state index contributed by atoms with van der Waals surface area (Å²) in [5.41, 5.74) is 1.16. The normalized spacial score (nSPS) is 29.8. The van der Waals surface area contributed by atoms with Gasteiger partial charge in [-0.25, -0.2) is 14.4 Å². The summed E-state index contributed by atoms with van der Waals surface area (Å²) in [6.45, 7) is 4.12. The Labute approximate surface area is 180 Å². The van der Waals surface area contributed by atoms with Crippen molar-refractivity contribution in [2.45, 2.75) is 56.4 Å². The zero-order valence-corrected chi connectivity index (χ0v) is 17.8. The second-order valence-corrected chi connectivity index (χ2v) is 9.20. The van der Waals surface area contributed by atoms with Gasteiger partial charge in [-0.15, -0.1) is 10.2 Å². The molecule has 8 nitrogen and oxygen atoms in total. The summed E-state index contributed by atoms with van der Waals surface area (Å²) in [5, 5.41) is 22.5. The van der Waals surface area contributed by atoms with Crippen LogP contribution in [0, 0.1) is 0 Å². The fraction of sp³-hybridized carbons (Fsp3) is 0.455. The van der Waals surface area contributed by atoms with Gasteiger partial charge in [0.2, 0.25) is 5.95 Å². The lowest BCUT2D eigenvalue weighted by atomic mass is 9.82. The number of fused-ring (bicyclic) bond motifs is 2. The molecule has 2 aliphatic heterocycles. The molecular formula is C22H26FN7O. The number of nitrogens with zero attached hydrogens (tertiary/aromatic N) is 6. The van der Waals surface area contributed by atoms with Crippen LogP contribution in [0.3, 0.4) is 0 Å². The average Bonchev–Trinajstić information content (AvgIpc) is 3.38. The molecule has 0 radical (unpaired) electrons. The lowest BCUT2D eigenvalue weighted by Crippen LogP contribution is -2.65. The number of halogens is 1. The van der Waals surface area contributed by atoms with Crippen LogP contribution in [0.25, 0.3) is 16.9 Å². The van der Waals surface area contributed by atoms with Crippen molar-refractivity contribution in [1.82, 2.24) is 30.0 Å². The van der Waals surface area contributed by atoms with Crippen LogP contribution < -0.4 is 10.2 Å². The first-order chi connectivity index (χ1) is 14.8. The first kappa shape index (κ1) is 19.9. The minimum atomic E-state index is -1.03. The largest absolute Gasteiger partial charge is 0.507 e. The third-order valence-electron chi connectivity index (χ3n) is 6.81. The Morgan fingerprint density at radius 2 is 2.10 bits per heavy atom. The number of phenols is 1. The van der Waals surface area contributed by atoms with Gasteiger partial charge in [-0.3, -0.25) is 0 Å². The Morgan fingerprint density at radius 1 is 1.26 bits per heavy atom. The molecule has 2 fully saturated rings. The van der Waals surface area contributed by atoms with Crippen LogP contribution in [-0.4, -0.2) is 60.2 Å². The van der Waals surface area contributed by atoms with Crippen molar-refractivity contribution in [3.63, 3.8) is 0 Å². The van der Waals surface area contributed by atoms with E-state index in [9.17, 15) is 5.11 Å². The van der Waals surface area contributed by atoms with Gasteiger partial charge in [-0.05, 0) is 45.2 Å². The highest BCUT2D eigenvalue weighted by Crippen LogP contribution is 2.45. The molecule has 0 spiro atoms. The molecular weight excluding hydrogens is 397 g/mol. The van der Waals surface area contributed by atoms with Gasteiger partial charge >= 0.3 is 0 Å². The SMILES string of the molecule is CN(c1ncc(-c2ccc(-n3ccnc3)cc2O)nn1)[C@@H]1C[C@@]2(C)CC[C@](C)(N2)[C@@H]1F. The molecule has 4 atom stereocenters. The van der Waals surface area contributed by atoms with Gasteiger partial charge in [0.1, 0.15) is 17.6 Å². The summed E-state index contributed by atoms with van der Waals surface area (Å²) in [5.74, 6) is 0.447. The number of benzene rings is 1. The van der Waals surface area contributed by atoms with Crippen LogP contribution in [0.2, 0.25) is 0 Å². The van der Waals surface area contributed by atoms with Crippen molar-refractivity contribution < 1.29 is 9.50 Å². The molecule has 2 bridgehead atoms. The van der Waals surface area contributed by atoms with Gasteiger partial charge in [0.05, 0.1) is 24.3 Å². The third kappa shape index (κ3) is 3.33. The second kappa shape index (κ2) is 6.98. The van der Waals surface area contributed by atoms with Crippen LogP contribution in [0.4, 0.5) is 10.3 Å². The summed E-state index contributed by atoms with van der Waals surface area (Å²) in [4.78, 5) is 10.2. The highest BCUT2D eigenvalue weighted by molar-refractivity contribution is 5.68. The lowest BCUT2D eigenvalue weighted by molar-refractivity contribution is 0.0856. The van der Waals surface area contributed by atoms with Crippen molar-refractivity contribution in [2.75, 3.05) is 11.9 Å². The maximum Gasteiger partial charge on any atom is 0.245 e. The Hall–Kier alpha value is -3.07. The summed E-state index contributed by atoms with van der Waals surface area (Å²) >= 11 is 0. The lowest BCUT2D eigenvalue weighted by Gasteiger charge is -2.47. The number of rotatable bonds is 4. The minimum absolute atomic E-state index is 0.0722. The number of anilines is 1. The number of phenolic OH excluding ortho intramolecular Hbond substituents is 1. The van der Waals surface area contributed by atoms with E-state index in [4.69, 9.17) is 0 Å². The molecule has 4 heterocycles. The van der Waals surface area contributed by atoms with Gasteiger partial charge in [0.15, 0.2) is 0 Å². The van der Waals surface area contributed by atoms with E-state index in [1.807, 2.05) is 20.0 Å². The maximum absolute atomic E-state index is 15.4. The summed E-state index contributed by atoms with van der Waals surface area (Å²) in [7, 11) is 1.82. The van der Waals surface area contributed by atoms with Gasteiger partial charge in [0, 0.05) is 42.1 Å². The first-order valence-electron chi connectivity index (χ1n) is 10.5. The van der Waals surface area contributed by atoms with E-state index >= 15 is 4.39 Å². The van der Waals surface area contributed by atoms with Crippen LogP contribution >= 0.6 is 0 Å². The second-order valence-electron chi connectivity index (χ2n) is 9.20. The van der Waals surface area contributed by atoms with Crippen molar-refractivity contribution in [3.8, 4) is 22.7 Å². The van der Waals surface area contributed by atoms with Crippen LogP contribution in [-0.2, 0) is 0 Å². The zero-order chi connectivity index (χ0) is 21.8. The molecule has 1 aromatic carbocycles. The molecule has 9 heteroatoms. The molecule has 0 unspecified atom stereocenters. The molecule has 2 aromatic heterocycles. The molecule has 5 rings (SSSR count). The van der Waals surface area contributed by atoms with E-state index < -0.39 is 11.7 Å². The topological polar surface area (TPSA) is 92.0 Å². The van der Waals surface area contributed by atoms with Gasteiger partial charge in [-0.2, -0.15) is 0 Å². The van der Waals surface area contributed by atoms with E-state index in [0.29, 0.717) is 23.6 Å². The minimum Gasteiger partial charge on any atom is -0.507 e. The van der Waals surface area contributed by atoms with Gasteiger partial charge in [0.25, 0.3) is 0 Å². The molecule has 162 valence electrons. The van der Waals surface area contributed by atoms with Crippen LogP contribution in [0.15, 0.2) is 43.1 Å². The van der Waals surface area contributed by atoms with Gasteiger partial charge in [-0.1, -0.05) is 0 Å². The number of hydrogen-bond donors (Lipinski definition) is 2. The number of aromatic hydroxyl groups is 1. The molecule has 2 aliphatic rings. The quantitative estimate of drug-likeness (QED) is 0.667. The van der Waals surface area contributed by atoms with E-state index in [1.165, 1.54) is 0 Å². The Balaban J connectivity index is 1.38. The van der Waals surface area contributed by atoms with E-state index in [2.05, 4.69) is 32.4 Å². The molecule has 0 aliphatic carbocycles. The molecule has 0 saturated carbocycles. The summed E-state index contributed by atoms with van der Waals surface area (Å²) in [6, 6.07) is 4.94. The highest BCUT2D eigenvalue weighted by atomic mass is 19.1. The van der Waals surface area contributed by atoms with Crippen molar-refractivity contribution in [2.24, 2.45) is 0 Å². The summed E-state index contributed by atoms with van der Waals surface area (Å²) in [6.07, 6.45) is 8.13. The number of hydrogen-bond acceptors (Lipinski definition) is 7. The highest BCUT2D eigenvalue weighted by Gasteiger charge is 2.56. The number of nitrogens with one attached hydrogen (secondary N) is 1. The zero-order valence-electron chi connectivity index (χ0n) is 17.8. The third-order valence-corrected chi connectivity index (χ3v) is 6.81.